The number of benzene rings is 3. The molecule has 0 aliphatic carbocycles. The number of rotatable bonds is 7. The molecule has 10 heteroatoms. The van der Waals surface area contributed by atoms with Crippen molar-refractivity contribution in [2.45, 2.75) is 11.4 Å². The molecule has 0 aliphatic rings. The minimum atomic E-state index is -4.17. The SMILES string of the molecule is O=C(CN(Cc1ccc(F)cc1)S(=O)(=O)c1ccccc1)Nc1ccc(F)c(F)c1F. The van der Waals surface area contributed by atoms with Crippen LogP contribution in [0.25, 0.3) is 0 Å². The second-order valence-electron chi connectivity index (χ2n) is 6.48. The van der Waals surface area contributed by atoms with Gasteiger partial charge in [-0.15, -0.1) is 0 Å². The molecule has 1 N–H and O–H groups in total. The van der Waals surface area contributed by atoms with Gasteiger partial charge in [-0.2, -0.15) is 4.31 Å². The van der Waals surface area contributed by atoms with Gasteiger partial charge in [-0.25, -0.2) is 26.0 Å². The molecular weight excluding hydrogens is 436 g/mol. The number of hydrogen-bond donors (Lipinski definition) is 1. The monoisotopic (exact) mass is 452 g/mol. The van der Waals surface area contributed by atoms with Crippen molar-refractivity contribution in [3.63, 3.8) is 0 Å². The van der Waals surface area contributed by atoms with E-state index in [1.165, 1.54) is 36.4 Å². The summed E-state index contributed by atoms with van der Waals surface area (Å²) in [5, 5.41) is 2.04. The number of sulfonamides is 1. The number of carbonyl (C=O) groups excluding carboxylic acids is 1. The molecule has 5 nitrogen and oxygen atoms in total. The molecule has 0 saturated carbocycles. The second-order valence-corrected chi connectivity index (χ2v) is 8.42. The molecule has 0 unspecified atom stereocenters. The van der Waals surface area contributed by atoms with Crippen molar-refractivity contribution in [3.05, 3.63) is 95.6 Å². The molecule has 3 rings (SSSR count). The Morgan fingerprint density at radius 3 is 2.13 bits per heavy atom. The van der Waals surface area contributed by atoms with Crippen molar-refractivity contribution < 1.29 is 30.8 Å². The largest absolute Gasteiger partial charge is 0.322 e. The van der Waals surface area contributed by atoms with Gasteiger partial charge in [-0.05, 0) is 42.0 Å². The Morgan fingerprint density at radius 1 is 0.839 bits per heavy atom. The quantitative estimate of drug-likeness (QED) is 0.434. The summed E-state index contributed by atoms with van der Waals surface area (Å²) in [7, 11) is -4.17. The maximum absolute atomic E-state index is 13.8. The number of amides is 1. The standard InChI is InChI=1S/C21H16F4N2O3S/c22-15-8-6-14(7-9-15)12-27(31(29,30)16-4-2-1-3-5-16)13-19(28)26-18-11-10-17(23)20(24)21(18)25/h1-11H,12-13H2,(H,26,28). The van der Waals surface area contributed by atoms with Crippen LogP contribution < -0.4 is 5.32 Å². The molecule has 0 saturated heterocycles. The van der Waals surface area contributed by atoms with Crippen LogP contribution in [0.3, 0.4) is 0 Å². The zero-order chi connectivity index (χ0) is 22.6. The minimum Gasteiger partial charge on any atom is -0.322 e. The van der Waals surface area contributed by atoms with Gasteiger partial charge in [0.2, 0.25) is 15.9 Å². The zero-order valence-corrected chi connectivity index (χ0v) is 16.7. The van der Waals surface area contributed by atoms with Crippen LogP contribution in [0.15, 0.2) is 71.6 Å². The van der Waals surface area contributed by atoms with Crippen molar-refractivity contribution in [3.8, 4) is 0 Å². The van der Waals surface area contributed by atoms with Gasteiger partial charge in [0.1, 0.15) is 5.82 Å². The Hall–Kier alpha value is -3.24. The van der Waals surface area contributed by atoms with E-state index >= 15 is 0 Å². The molecule has 31 heavy (non-hydrogen) atoms. The van der Waals surface area contributed by atoms with E-state index in [1.807, 2.05) is 5.32 Å². The number of carbonyl (C=O) groups is 1. The molecule has 0 spiro atoms. The summed E-state index contributed by atoms with van der Waals surface area (Å²) in [5.41, 5.74) is -0.240. The van der Waals surface area contributed by atoms with E-state index in [2.05, 4.69) is 0 Å². The number of halogens is 4. The van der Waals surface area contributed by atoms with Gasteiger partial charge in [-0.1, -0.05) is 30.3 Å². The Kier molecular flexibility index (Phi) is 6.71. The first-order valence-corrected chi connectivity index (χ1v) is 10.4. The fourth-order valence-electron chi connectivity index (χ4n) is 2.73. The molecule has 0 heterocycles. The molecule has 0 aromatic heterocycles. The van der Waals surface area contributed by atoms with Gasteiger partial charge in [0, 0.05) is 6.54 Å². The summed E-state index contributed by atoms with van der Waals surface area (Å²) < 4.78 is 80.4. The van der Waals surface area contributed by atoms with Gasteiger partial charge in [0.15, 0.2) is 17.5 Å². The lowest BCUT2D eigenvalue weighted by molar-refractivity contribution is -0.116. The number of nitrogens with zero attached hydrogens (tertiary/aromatic N) is 1. The predicted molar refractivity (Wildman–Crippen MR) is 105 cm³/mol. The fraction of sp³-hybridized carbons (Fsp3) is 0.0952. The first-order valence-electron chi connectivity index (χ1n) is 8.91. The Morgan fingerprint density at radius 2 is 1.48 bits per heavy atom. The van der Waals surface area contributed by atoms with Crippen LogP contribution in [0, 0.1) is 23.3 Å². The second kappa shape index (κ2) is 9.27. The van der Waals surface area contributed by atoms with E-state index in [4.69, 9.17) is 0 Å². The number of nitrogens with one attached hydrogen (secondary N) is 1. The summed E-state index contributed by atoms with van der Waals surface area (Å²) in [5.74, 6) is -6.30. The molecule has 0 bridgehead atoms. The lowest BCUT2D eigenvalue weighted by atomic mass is 10.2. The molecule has 0 fully saturated rings. The van der Waals surface area contributed by atoms with Crippen molar-refractivity contribution in [1.29, 1.82) is 0 Å². The van der Waals surface area contributed by atoms with E-state index in [0.717, 1.165) is 22.5 Å². The summed E-state index contributed by atoms with van der Waals surface area (Å²) in [6.45, 7) is -1.04. The Balaban J connectivity index is 1.88. The lowest BCUT2D eigenvalue weighted by Crippen LogP contribution is -2.37. The third-order valence-electron chi connectivity index (χ3n) is 4.28. The van der Waals surface area contributed by atoms with E-state index in [-0.39, 0.29) is 11.4 Å². The highest BCUT2D eigenvalue weighted by Crippen LogP contribution is 2.21. The maximum Gasteiger partial charge on any atom is 0.243 e. The van der Waals surface area contributed by atoms with Crippen molar-refractivity contribution in [2.75, 3.05) is 11.9 Å². The van der Waals surface area contributed by atoms with E-state index in [0.29, 0.717) is 11.6 Å². The molecule has 0 radical (unpaired) electrons. The van der Waals surface area contributed by atoms with E-state index < -0.39 is 51.4 Å². The first-order chi connectivity index (χ1) is 14.7. The van der Waals surface area contributed by atoms with Crippen LogP contribution in [0.1, 0.15) is 5.56 Å². The lowest BCUT2D eigenvalue weighted by Gasteiger charge is -2.22. The molecule has 0 aliphatic heterocycles. The van der Waals surface area contributed by atoms with E-state index in [1.54, 1.807) is 6.07 Å². The third kappa shape index (κ3) is 5.28. The molecule has 3 aromatic rings. The first kappa shape index (κ1) is 22.4. The van der Waals surface area contributed by atoms with Crippen LogP contribution in [-0.2, 0) is 21.4 Å². The van der Waals surface area contributed by atoms with Crippen LogP contribution in [0.2, 0.25) is 0 Å². The van der Waals surface area contributed by atoms with Crippen LogP contribution >= 0.6 is 0 Å². The van der Waals surface area contributed by atoms with E-state index in [9.17, 15) is 30.8 Å². The predicted octanol–water partition coefficient (Wildman–Crippen LogP) is 4.07. The topological polar surface area (TPSA) is 66.5 Å². The highest BCUT2D eigenvalue weighted by molar-refractivity contribution is 7.89. The molecule has 0 atom stereocenters. The summed E-state index contributed by atoms with van der Waals surface area (Å²) in [6, 6.07) is 13.7. The molecule has 162 valence electrons. The number of anilines is 1. The van der Waals surface area contributed by atoms with Gasteiger partial charge in [0.25, 0.3) is 0 Å². The smallest absolute Gasteiger partial charge is 0.243 e. The average Bonchev–Trinajstić information content (AvgIpc) is 2.76. The minimum absolute atomic E-state index is 0.0936. The summed E-state index contributed by atoms with van der Waals surface area (Å²) in [6.07, 6.45) is 0. The highest BCUT2D eigenvalue weighted by Gasteiger charge is 2.27. The van der Waals surface area contributed by atoms with Gasteiger partial charge in [-0.3, -0.25) is 4.79 Å². The molecule has 3 aromatic carbocycles. The molecule has 1 amide bonds. The number of hydrogen-bond acceptors (Lipinski definition) is 3. The third-order valence-corrected chi connectivity index (χ3v) is 6.09. The highest BCUT2D eigenvalue weighted by atomic mass is 32.2. The van der Waals surface area contributed by atoms with Crippen molar-refractivity contribution in [2.24, 2.45) is 0 Å². The average molecular weight is 452 g/mol. The van der Waals surface area contributed by atoms with Gasteiger partial charge >= 0.3 is 0 Å². The summed E-state index contributed by atoms with van der Waals surface area (Å²) >= 11 is 0. The molecular formula is C21H16F4N2O3S. The maximum atomic E-state index is 13.8. The fourth-order valence-corrected chi connectivity index (χ4v) is 4.14. The van der Waals surface area contributed by atoms with Gasteiger partial charge in [0.05, 0.1) is 17.1 Å². The van der Waals surface area contributed by atoms with Gasteiger partial charge < -0.3 is 5.32 Å². The van der Waals surface area contributed by atoms with Crippen molar-refractivity contribution in [1.82, 2.24) is 4.31 Å². The normalized spacial score (nSPS) is 11.5. The Bertz CT molecular complexity index is 1190. The van der Waals surface area contributed by atoms with Crippen LogP contribution in [0.4, 0.5) is 23.2 Å². The van der Waals surface area contributed by atoms with Crippen molar-refractivity contribution >= 4 is 21.6 Å². The Labute approximate surface area is 176 Å². The summed E-state index contributed by atoms with van der Waals surface area (Å²) in [4.78, 5) is 12.3. The van der Waals surface area contributed by atoms with Crippen LogP contribution in [0.5, 0.6) is 0 Å². The van der Waals surface area contributed by atoms with Crippen LogP contribution in [-0.4, -0.2) is 25.2 Å². The zero-order valence-electron chi connectivity index (χ0n) is 15.9.